The van der Waals surface area contributed by atoms with E-state index in [-0.39, 0.29) is 0 Å². The van der Waals surface area contributed by atoms with Crippen molar-refractivity contribution in [3.63, 3.8) is 0 Å². The lowest BCUT2D eigenvalue weighted by atomic mass is 9.91. The summed E-state index contributed by atoms with van der Waals surface area (Å²) in [7, 11) is 0. The van der Waals surface area contributed by atoms with Gasteiger partial charge in [0.25, 0.3) is 0 Å². The Bertz CT molecular complexity index is 615. The SMILES string of the molecule is CCNC(C)C(C)c1ccc2c(c1)Cc1ccccc1-2. The van der Waals surface area contributed by atoms with Gasteiger partial charge in [-0.25, -0.2) is 0 Å². The molecule has 0 saturated carbocycles. The Morgan fingerprint density at radius 2 is 1.75 bits per heavy atom. The van der Waals surface area contributed by atoms with Crippen LogP contribution in [0.2, 0.25) is 0 Å². The molecule has 0 amide bonds. The zero-order valence-electron chi connectivity index (χ0n) is 12.6. The molecule has 0 bridgehead atoms. The van der Waals surface area contributed by atoms with Crippen LogP contribution < -0.4 is 5.32 Å². The Morgan fingerprint density at radius 3 is 2.55 bits per heavy atom. The third-order valence-corrected chi connectivity index (χ3v) is 4.62. The first-order valence-electron chi connectivity index (χ1n) is 7.65. The van der Waals surface area contributed by atoms with Crippen molar-refractivity contribution in [1.82, 2.24) is 5.32 Å². The fraction of sp³-hybridized carbons (Fsp3) is 0.368. The smallest absolute Gasteiger partial charge is 0.0105 e. The number of nitrogens with one attached hydrogen (secondary N) is 1. The summed E-state index contributed by atoms with van der Waals surface area (Å²) in [6.45, 7) is 7.79. The number of hydrogen-bond acceptors (Lipinski definition) is 1. The van der Waals surface area contributed by atoms with Gasteiger partial charge in [-0.15, -0.1) is 0 Å². The molecule has 104 valence electrons. The molecular weight excluding hydrogens is 242 g/mol. The lowest BCUT2D eigenvalue weighted by Gasteiger charge is -2.21. The van der Waals surface area contributed by atoms with Crippen LogP contribution in [0.15, 0.2) is 42.5 Å². The molecule has 0 saturated heterocycles. The maximum Gasteiger partial charge on any atom is 0.0105 e. The Labute approximate surface area is 122 Å². The molecule has 20 heavy (non-hydrogen) atoms. The lowest BCUT2D eigenvalue weighted by molar-refractivity contribution is 0.495. The van der Waals surface area contributed by atoms with Gasteiger partial charge in [0, 0.05) is 6.04 Å². The van der Waals surface area contributed by atoms with Crippen molar-refractivity contribution < 1.29 is 0 Å². The Kier molecular flexibility index (Phi) is 3.62. The predicted molar refractivity (Wildman–Crippen MR) is 86.2 cm³/mol. The van der Waals surface area contributed by atoms with Crippen LogP contribution >= 0.6 is 0 Å². The Morgan fingerprint density at radius 1 is 1.00 bits per heavy atom. The first-order chi connectivity index (χ1) is 9.70. The minimum Gasteiger partial charge on any atom is -0.314 e. The molecule has 0 heterocycles. The second-order valence-corrected chi connectivity index (χ2v) is 5.89. The van der Waals surface area contributed by atoms with E-state index in [1.165, 1.54) is 27.8 Å². The molecule has 0 aromatic heterocycles. The van der Waals surface area contributed by atoms with Crippen LogP contribution in [-0.4, -0.2) is 12.6 Å². The molecule has 0 spiro atoms. The fourth-order valence-corrected chi connectivity index (χ4v) is 3.24. The highest BCUT2D eigenvalue weighted by atomic mass is 14.9. The second kappa shape index (κ2) is 5.41. The maximum absolute atomic E-state index is 3.53. The molecule has 1 heteroatoms. The van der Waals surface area contributed by atoms with Crippen LogP contribution in [0.25, 0.3) is 11.1 Å². The molecule has 2 aromatic carbocycles. The maximum atomic E-state index is 3.53. The largest absolute Gasteiger partial charge is 0.314 e. The highest BCUT2D eigenvalue weighted by Crippen LogP contribution is 2.37. The summed E-state index contributed by atoms with van der Waals surface area (Å²) in [6, 6.07) is 16.3. The van der Waals surface area contributed by atoms with Crippen molar-refractivity contribution in [1.29, 1.82) is 0 Å². The van der Waals surface area contributed by atoms with Crippen LogP contribution in [0.3, 0.4) is 0 Å². The van der Waals surface area contributed by atoms with Gasteiger partial charge in [0.1, 0.15) is 0 Å². The molecule has 3 rings (SSSR count). The Hall–Kier alpha value is -1.60. The van der Waals surface area contributed by atoms with Gasteiger partial charge in [-0.3, -0.25) is 0 Å². The van der Waals surface area contributed by atoms with Gasteiger partial charge in [-0.2, -0.15) is 0 Å². The number of rotatable bonds is 4. The molecule has 0 fully saturated rings. The standard InChI is InChI=1S/C19H23N/c1-4-20-14(3)13(2)15-9-10-19-17(11-15)12-16-7-5-6-8-18(16)19/h5-11,13-14,20H,4,12H2,1-3H3. The van der Waals surface area contributed by atoms with Crippen LogP contribution in [0.4, 0.5) is 0 Å². The molecule has 0 radical (unpaired) electrons. The second-order valence-electron chi connectivity index (χ2n) is 5.89. The van der Waals surface area contributed by atoms with E-state index >= 15 is 0 Å². The van der Waals surface area contributed by atoms with Crippen LogP contribution in [-0.2, 0) is 6.42 Å². The first-order valence-corrected chi connectivity index (χ1v) is 7.65. The van der Waals surface area contributed by atoms with E-state index in [2.05, 4.69) is 68.6 Å². The summed E-state index contributed by atoms with van der Waals surface area (Å²) in [5.41, 5.74) is 7.24. The zero-order chi connectivity index (χ0) is 14.1. The van der Waals surface area contributed by atoms with Gasteiger partial charge >= 0.3 is 0 Å². The van der Waals surface area contributed by atoms with Crippen molar-refractivity contribution in [3.05, 3.63) is 59.2 Å². The molecule has 1 aliphatic carbocycles. The number of benzene rings is 2. The summed E-state index contributed by atoms with van der Waals surface area (Å²) in [4.78, 5) is 0. The van der Waals surface area contributed by atoms with Crippen molar-refractivity contribution in [2.24, 2.45) is 0 Å². The lowest BCUT2D eigenvalue weighted by Crippen LogP contribution is -2.30. The topological polar surface area (TPSA) is 12.0 Å². The van der Waals surface area contributed by atoms with Crippen molar-refractivity contribution >= 4 is 0 Å². The summed E-state index contributed by atoms with van der Waals surface area (Å²) in [5.74, 6) is 0.545. The van der Waals surface area contributed by atoms with Crippen LogP contribution in [0.1, 0.15) is 43.4 Å². The summed E-state index contributed by atoms with van der Waals surface area (Å²) >= 11 is 0. The van der Waals surface area contributed by atoms with E-state index in [0.717, 1.165) is 13.0 Å². The summed E-state index contributed by atoms with van der Waals surface area (Å²) in [5, 5.41) is 3.53. The van der Waals surface area contributed by atoms with E-state index in [0.29, 0.717) is 12.0 Å². The Balaban J connectivity index is 1.91. The normalized spacial score (nSPS) is 15.6. The summed E-state index contributed by atoms with van der Waals surface area (Å²) in [6.07, 6.45) is 1.08. The number of fused-ring (bicyclic) bond motifs is 3. The minimum atomic E-state index is 0.516. The molecule has 2 aromatic rings. The summed E-state index contributed by atoms with van der Waals surface area (Å²) < 4.78 is 0. The van der Waals surface area contributed by atoms with Crippen LogP contribution in [0, 0.1) is 0 Å². The van der Waals surface area contributed by atoms with Gasteiger partial charge in [-0.1, -0.05) is 56.3 Å². The van der Waals surface area contributed by atoms with Crippen LogP contribution in [0.5, 0.6) is 0 Å². The first kappa shape index (κ1) is 13.4. The van der Waals surface area contributed by atoms with E-state index in [1.54, 1.807) is 0 Å². The molecule has 1 N–H and O–H groups in total. The predicted octanol–water partition coefficient (Wildman–Crippen LogP) is 4.36. The molecular formula is C19H23N. The quantitative estimate of drug-likeness (QED) is 0.739. The van der Waals surface area contributed by atoms with Gasteiger partial charge in [0.05, 0.1) is 0 Å². The minimum absolute atomic E-state index is 0.516. The number of hydrogen-bond donors (Lipinski definition) is 1. The van der Waals surface area contributed by atoms with Gasteiger partial charge < -0.3 is 5.32 Å². The third kappa shape index (κ3) is 2.27. The molecule has 1 aliphatic rings. The average molecular weight is 265 g/mol. The van der Waals surface area contributed by atoms with Crippen molar-refractivity contribution in [2.45, 2.75) is 39.2 Å². The van der Waals surface area contributed by atoms with E-state index in [1.807, 2.05) is 0 Å². The van der Waals surface area contributed by atoms with Crippen molar-refractivity contribution in [3.8, 4) is 11.1 Å². The third-order valence-electron chi connectivity index (χ3n) is 4.62. The highest BCUT2D eigenvalue weighted by Gasteiger charge is 2.20. The van der Waals surface area contributed by atoms with E-state index in [9.17, 15) is 0 Å². The van der Waals surface area contributed by atoms with Gasteiger partial charge in [0.2, 0.25) is 0 Å². The highest BCUT2D eigenvalue weighted by molar-refractivity contribution is 5.77. The molecule has 0 aliphatic heterocycles. The van der Waals surface area contributed by atoms with E-state index < -0.39 is 0 Å². The van der Waals surface area contributed by atoms with Gasteiger partial charge in [-0.05, 0) is 53.6 Å². The van der Waals surface area contributed by atoms with E-state index in [4.69, 9.17) is 0 Å². The molecule has 2 unspecified atom stereocenters. The number of likely N-dealkylation sites (N-methyl/N-ethyl adjacent to an activating group) is 1. The van der Waals surface area contributed by atoms with Gasteiger partial charge in [0.15, 0.2) is 0 Å². The fourth-order valence-electron chi connectivity index (χ4n) is 3.24. The zero-order valence-corrected chi connectivity index (χ0v) is 12.6. The molecule has 1 nitrogen and oxygen atoms in total. The monoisotopic (exact) mass is 265 g/mol. The molecule has 2 atom stereocenters. The average Bonchev–Trinajstić information content (AvgIpc) is 2.84. The van der Waals surface area contributed by atoms with Crippen molar-refractivity contribution in [2.75, 3.05) is 6.54 Å².